The molecule has 2 atom stereocenters. The lowest BCUT2D eigenvalue weighted by Gasteiger charge is -2.04. The summed E-state index contributed by atoms with van der Waals surface area (Å²) in [6.07, 6.45) is 9.88. The van der Waals surface area contributed by atoms with Gasteiger partial charge >= 0.3 is 5.97 Å². The molecule has 0 bridgehead atoms. The number of allylic oxidation sites excluding steroid dienone is 1. The summed E-state index contributed by atoms with van der Waals surface area (Å²) in [6.45, 7) is 3.56. The van der Waals surface area contributed by atoms with E-state index in [1.807, 2.05) is 6.08 Å². The zero-order chi connectivity index (χ0) is 17.5. The molecule has 1 fully saturated rings. The summed E-state index contributed by atoms with van der Waals surface area (Å²) in [5, 5.41) is 8.99. The van der Waals surface area contributed by atoms with Crippen molar-refractivity contribution >= 4 is 5.97 Å². The highest BCUT2D eigenvalue weighted by Gasteiger charge is 2.33. The topological polar surface area (TPSA) is 46.5 Å². The summed E-state index contributed by atoms with van der Waals surface area (Å²) in [4.78, 5) is 11.5. The highest BCUT2D eigenvalue weighted by atomic mass is 16.6. The standard InChI is InChI=1S/C21H26O3/c1-2-3-4-5-6-7-8-9-10-11-12-13-14-15-16-19-17-20(18-22)24-21(19)23/h2,19-20,22H,1,3-4,11-18H2/t19-,20-/m0/s1. The molecule has 1 N–H and O–H groups in total. The highest BCUT2D eigenvalue weighted by Crippen LogP contribution is 2.25. The molecule has 0 amide bonds. The van der Waals surface area contributed by atoms with Crippen molar-refractivity contribution in [3.8, 4) is 35.5 Å². The number of aliphatic hydroxyl groups is 1. The van der Waals surface area contributed by atoms with Gasteiger partial charge in [0.15, 0.2) is 0 Å². The van der Waals surface area contributed by atoms with Gasteiger partial charge in [0.1, 0.15) is 6.10 Å². The minimum Gasteiger partial charge on any atom is -0.460 e. The zero-order valence-corrected chi connectivity index (χ0v) is 14.3. The lowest BCUT2D eigenvalue weighted by Crippen LogP contribution is -2.10. The average Bonchev–Trinajstić information content (AvgIpc) is 2.95. The van der Waals surface area contributed by atoms with Crippen LogP contribution in [0.25, 0.3) is 0 Å². The van der Waals surface area contributed by atoms with Gasteiger partial charge in [0.25, 0.3) is 0 Å². The Hall–Kier alpha value is -2.15. The molecule has 0 aromatic carbocycles. The molecule has 24 heavy (non-hydrogen) atoms. The van der Waals surface area contributed by atoms with E-state index in [9.17, 15) is 4.79 Å². The van der Waals surface area contributed by atoms with Crippen LogP contribution < -0.4 is 0 Å². The molecule has 1 aliphatic rings. The van der Waals surface area contributed by atoms with E-state index in [0.717, 1.165) is 51.4 Å². The zero-order valence-electron chi connectivity index (χ0n) is 14.3. The van der Waals surface area contributed by atoms with Gasteiger partial charge in [-0.05, 0) is 49.4 Å². The molecule has 1 heterocycles. The minimum absolute atomic E-state index is 0.0233. The van der Waals surface area contributed by atoms with E-state index in [2.05, 4.69) is 42.1 Å². The van der Waals surface area contributed by atoms with Crippen LogP contribution in [0.1, 0.15) is 57.8 Å². The molecule has 3 nitrogen and oxygen atoms in total. The molecule has 1 saturated heterocycles. The largest absolute Gasteiger partial charge is 0.460 e. The fourth-order valence-corrected chi connectivity index (χ4v) is 2.48. The number of esters is 1. The number of hydrogen-bond acceptors (Lipinski definition) is 3. The van der Waals surface area contributed by atoms with Crippen LogP contribution >= 0.6 is 0 Å². The van der Waals surface area contributed by atoms with Gasteiger partial charge in [-0.3, -0.25) is 4.79 Å². The van der Waals surface area contributed by atoms with Crippen LogP contribution in [0, 0.1) is 41.4 Å². The molecule has 0 aliphatic carbocycles. The molecule has 0 saturated carbocycles. The summed E-state index contributed by atoms with van der Waals surface area (Å²) in [7, 11) is 0. The van der Waals surface area contributed by atoms with Crippen molar-refractivity contribution in [2.24, 2.45) is 5.92 Å². The van der Waals surface area contributed by atoms with E-state index >= 15 is 0 Å². The molecule has 128 valence electrons. The second kappa shape index (κ2) is 13.3. The first-order valence-corrected chi connectivity index (χ1v) is 8.66. The molecular formula is C21H26O3. The molecule has 1 rings (SSSR count). The van der Waals surface area contributed by atoms with Crippen LogP contribution in [0.5, 0.6) is 0 Å². The quantitative estimate of drug-likeness (QED) is 0.306. The number of cyclic esters (lactones) is 1. The maximum Gasteiger partial charge on any atom is 0.309 e. The summed E-state index contributed by atoms with van der Waals surface area (Å²) in [5.74, 6) is 16.8. The van der Waals surface area contributed by atoms with Gasteiger partial charge in [-0.25, -0.2) is 0 Å². The number of unbranched alkanes of at least 4 members (excludes halogenated alkanes) is 5. The second-order valence-electron chi connectivity index (χ2n) is 5.81. The van der Waals surface area contributed by atoms with Crippen LogP contribution in [-0.4, -0.2) is 23.8 Å². The first-order chi connectivity index (χ1) is 11.8. The SMILES string of the molecule is C=CCCC#CC#CC#CCCCCCC[C@H]1C[C@@H](CO)OC1=O. The Morgan fingerprint density at radius 3 is 2.46 bits per heavy atom. The first kappa shape index (κ1) is 19.9. The van der Waals surface area contributed by atoms with Crippen LogP contribution in [0.2, 0.25) is 0 Å². The minimum atomic E-state index is -0.287. The fraction of sp³-hybridized carbons (Fsp3) is 0.571. The van der Waals surface area contributed by atoms with Crippen molar-refractivity contribution in [1.82, 2.24) is 0 Å². The number of aliphatic hydroxyl groups excluding tert-OH is 1. The van der Waals surface area contributed by atoms with Crippen molar-refractivity contribution in [3.05, 3.63) is 12.7 Å². The number of hydrogen-bond donors (Lipinski definition) is 1. The fourth-order valence-electron chi connectivity index (χ4n) is 2.48. The highest BCUT2D eigenvalue weighted by molar-refractivity contribution is 5.74. The molecule has 0 aromatic rings. The first-order valence-electron chi connectivity index (χ1n) is 8.66. The second-order valence-corrected chi connectivity index (χ2v) is 5.81. The number of carbonyl (C=O) groups is 1. The van der Waals surface area contributed by atoms with Gasteiger partial charge in [0.05, 0.1) is 12.5 Å². The Morgan fingerprint density at radius 2 is 1.79 bits per heavy atom. The third kappa shape index (κ3) is 9.09. The van der Waals surface area contributed by atoms with E-state index in [0.29, 0.717) is 6.42 Å². The Labute approximate surface area is 145 Å². The Bertz CT molecular complexity index is 571. The van der Waals surface area contributed by atoms with Crippen molar-refractivity contribution in [1.29, 1.82) is 0 Å². The third-order valence-corrected chi connectivity index (χ3v) is 3.81. The average molecular weight is 326 g/mol. The van der Waals surface area contributed by atoms with E-state index in [-0.39, 0.29) is 24.6 Å². The van der Waals surface area contributed by atoms with E-state index < -0.39 is 0 Å². The number of ether oxygens (including phenoxy) is 1. The monoisotopic (exact) mass is 326 g/mol. The molecule has 0 spiro atoms. The van der Waals surface area contributed by atoms with Crippen molar-refractivity contribution < 1.29 is 14.6 Å². The van der Waals surface area contributed by atoms with Gasteiger partial charge in [-0.15, -0.1) is 6.58 Å². The van der Waals surface area contributed by atoms with Crippen molar-refractivity contribution in [2.45, 2.75) is 63.9 Å². The van der Waals surface area contributed by atoms with Gasteiger partial charge in [0, 0.05) is 12.8 Å². The summed E-state index contributed by atoms with van der Waals surface area (Å²) in [5.41, 5.74) is 0. The van der Waals surface area contributed by atoms with Crippen molar-refractivity contribution in [3.63, 3.8) is 0 Å². The van der Waals surface area contributed by atoms with Crippen molar-refractivity contribution in [2.75, 3.05) is 6.61 Å². The number of rotatable bonds is 9. The smallest absolute Gasteiger partial charge is 0.309 e. The predicted molar refractivity (Wildman–Crippen MR) is 95.5 cm³/mol. The maximum absolute atomic E-state index is 11.5. The van der Waals surface area contributed by atoms with Gasteiger partial charge in [0.2, 0.25) is 0 Å². The molecule has 1 aliphatic heterocycles. The lowest BCUT2D eigenvalue weighted by molar-refractivity contribution is -0.145. The molecule has 3 heteroatoms. The normalized spacial score (nSPS) is 18.3. The van der Waals surface area contributed by atoms with E-state index in [4.69, 9.17) is 9.84 Å². The molecular weight excluding hydrogens is 300 g/mol. The summed E-state index contributed by atoms with van der Waals surface area (Å²) < 4.78 is 5.06. The summed E-state index contributed by atoms with van der Waals surface area (Å²) in [6, 6.07) is 0. The van der Waals surface area contributed by atoms with E-state index in [1.165, 1.54) is 0 Å². The maximum atomic E-state index is 11.5. The van der Waals surface area contributed by atoms with Gasteiger partial charge in [-0.2, -0.15) is 0 Å². The third-order valence-electron chi connectivity index (χ3n) is 3.81. The van der Waals surface area contributed by atoms with Crippen LogP contribution in [0.4, 0.5) is 0 Å². The number of carbonyl (C=O) groups excluding carboxylic acids is 1. The Balaban J connectivity index is 2.00. The Morgan fingerprint density at radius 1 is 1.08 bits per heavy atom. The molecule has 0 aromatic heterocycles. The van der Waals surface area contributed by atoms with Gasteiger partial charge in [-0.1, -0.05) is 37.2 Å². The predicted octanol–water partition coefficient (Wildman–Crippen LogP) is 3.23. The van der Waals surface area contributed by atoms with E-state index in [1.54, 1.807) is 0 Å². The summed E-state index contributed by atoms with van der Waals surface area (Å²) >= 11 is 0. The van der Waals surface area contributed by atoms with Crippen LogP contribution in [0.15, 0.2) is 12.7 Å². The molecule has 0 radical (unpaired) electrons. The van der Waals surface area contributed by atoms with Gasteiger partial charge < -0.3 is 9.84 Å². The molecule has 0 unspecified atom stereocenters. The Kier molecular flexibility index (Phi) is 11.0. The lowest BCUT2D eigenvalue weighted by atomic mass is 9.97. The van der Waals surface area contributed by atoms with Crippen LogP contribution in [-0.2, 0) is 9.53 Å². The van der Waals surface area contributed by atoms with Crippen LogP contribution in [0.3, 0.4) is 0 Å².